The fourth-order valence-corrected chi connectivity index (χ4v) is 1.79. The van der Waals surface area contributed by atoms with Gasteiger partial charge < -0.3 is 14.7 Å². The lowest BCUT2D eigenvalue weighted by molar-refractivity contribution is -0.131. The van der Waals surface area contributed by atoms with Crippen molar-refractivity contribution in [2.75, 3.05) is 33.4 Å². The van der Waals surface area contributed by atoms with E-state index in [1.807, 2.05) is 31.2 Å². The molecule has 0 aliphatic heterocycles. The zero-order chi connectivity index (χ0) is 13.4. The van der Waals surface area contributed by atoms with Crippen LogP contribution in [0.2, 0.25) is 0 Å². The van der Waals surface area contributed by atoms with Crippen LogP contribution < -0.4 is 0 Å². The van der Waals surface area contributed by atoms with E-state index in [0.717, 1.165) is 11.1 Å². The smallest absolute Gasteiger partial charge is 0.227 e. The van der Waals surface area contributed by atoms with E-state index in [2.05, 4.69) is 0 Å². The van der Waals surface area contributed by atoms with Crippen LogP contribution >= 0.6 is 0 Å². The van der Waals surface area contributed by atoms with Gasteiger partial charge in [0.15, 0.2) is 0 Å². The Morgan fingerprint density at radius 3 is 2.78 bits per heavy atom. The maximum absolute atomic E-state index is 12.1. The molecule has 0 spiro atoms. The van der Waals surface area contributed by atoms with Crippen molar-refractivity contribution in [3.8, 4) is 0 Å². The van der Waals surface area contributed by atoms with Crippen LogP contribution in [-0.2, 0) is 16.0 Å². The first-order chi connectivity index (χ1) is 8.67. The highest BCUT2D eigenvalue weighted by molar-refractivity contribution is 5.78. The van der Waals surface area contributed by atoms with Crippen molar-refractivity contribution in [1.82, 2.24) is 4.90 Å². The van der Waals surface area contributed by atoms with E-state index >= 15 is 0 Å². The average Bonchev–Trinajstić information content (AvgIpc) is 2.34. The summed E-state index contributed by atoms with van der Waals surface area (Å²) in [5.41, 5.74) is 2.14. The van der Waals surface area contributed by atoms with Gasteiger partial charge in [-0.3, -0.25) is 4.79 Å². The lowest BCUT2D eigenvalue weighted by atomic mass is 10.1. The zero-order valence-corrected chi connectivity index (χ0v) is 11.1. The number of hydrogen-bond donors (Lipinski definition) is 1. The van der Waals surface area contributed by atoms with Crippen molar-refractivity contribution in [3.63, 3.8) is 0 Å². The quantitative estimate of drug-likeness (QED) is 0.786. The van der Waals surface area contributed by atoms with Crippen LogP contribution in [0.5, 0.6) is 0 Å². The molecule has 1 N–H and O–H groups in total. The van der Waals surface area contributed by atoms with Gasteiger partial charge in [0.2, 0.25) is 5.91 Å². The van der Waals surface area contributed by atoms with E-state index < -0.39 is 0 Å². The molecule has 1 aromatic carbocycles. The number of methoxy groups -OCH3 is 1. The third kappa shape index (κ3) is 4.85. The van der Waals surface area contributed by atoms with E-state index in [-0.39, 0.29) is 12.5 Å². The van der Waals surface area contributed by atoms with Crippen LogP contribution in [0.1, 0.15) is 11.1 Å². The average molecular weight is 251 g/mol. The maximum atomic E-state index is 12.1. The fourth-order valence-electron chi connectivity index (χ4n) is 1.79. The molecule has 0 bridgehead atoms. The van der Waals surface area contributed by atoms with Gasteiger partial charge in [-0.2, -0.15) is 0 Å². The van der Waals surface area contributed by atoms with Gasteiger partial charge in [0.05, 0.1) is 19.6 Å². The summed E-state index contributed by atoms with van der Waals surface area (Å²) < 4.78 is 4.96. The van der Waals surface area contributed by atoms with Gasteiger partial charge in [-0.1, -0.05) is 29.8 Å². The van der Waals surface area contributed by atoms with E-state index in [4.69, 9.17) is 9.84 Å². The van der Waals surface area contributed by atoms with Gasteiger partial charge >= 0.3 is 0 Å². The highest BCUT2D eigenvalue weighted by Crippen LogP contribution is 2.06. The molecule has 1 rings (SSSR count). The van der Waals surface area contributed by atoms with Crippen molar-refractivity contribution in [2.24, 2.45) is 0 Å². The second-order valence-electron chi connectivity index (χ2n) is 4.26. The Morgan fingerprint density at radius 2 is 2.17 bits per heavy atom. The first-order valence-electron chi connectivity index (χ1n) is 6.10. The third-order valence-corrected chi connectivity index (χ3v) is 2.73. The molecular weight excluding hydrogens is 230 g/mol. The second-order valence-corrected chi connectivity index (χ2v) is 4.26. The molecule has 0 fully saturated rings. The van der Waals surface area contributed by atoms with Crippen LogP contribution in [-0.4, -0.2) is 49.3 Å². The number of carbonyl (C=O) groups is 1. The Kier molecular flexibility index (Phi) is 6.39. The molecule has 0 saturated carbocycles. The number of rotatable bonds is 7. The van der Waals surface area contributed by atoms with E-state index in [1.165, 1.54) is 0 Å². The second kappa shape index (κ2) is 7.84. The minimum absolute atomic E-state index is 0.0201. The zero-order valence-electron chi connectivity index (χ0n) is 11.1. The lowest BCUT2D eigenvalue weighted by Crippen LogP contribution is -2.37. The first-order valence-corrected chi connectivity index (χ1v) is 6.10. The Labute approximate surface area is 108 Å². The SMILES string of the molecule is COCCN(CCO)C(=O)Cc1cccc(C)c1. The Hall–Kier alpha value is -1.39. The maximum Gasteiger partial charge on any atom is 0.227 e. The fraction of sp³-hybridized carbons (Fsp3) is 0.500. The predicted molar refractivity (Wildman–Crippen MR) is 70.4 cm³/mol. The molecular formula is C14H21NO3. The molecule has 0 atom stereocenters. The summed E-state index contributed by atoms with van der Waals surface area (Å²) in [5, 5.41) is 8.96. The van der Waals surface area contributed by atoms with Crippen molar-refractivity contribution >= 4 is 5.91 Å². The van der Waals surface area contributed by atoms with Crippen LogP contribution in [0, 0.1) is 6.92 Å². The standard InChI is InChI=1S/C14H21NO3/c1-12-4-3-5-13(10-12)11-14(17)15(6-8-16)7-9-18-2/h3-5,10,16H,6-9,11H2,1-2H3. The molecule has 0 radical (unpaired) electrons. The largest absolute Gasteiger partial charge is 0.395 e. The summed E-state index contributed by atoms with van der Waals surface area (Å²) in [6.07, 6.45) is 0.366. The Bertz CT molecular complexity index is 379. The number of aliphatic hydroxyl groups is 1. The number of amides is 1. The summed E-state index contributed by atoms with van der Waals surface area (Å²) in [6.45, 7) is 3.34. The first kappa shape index (κ1) is 14.7. The number of nitrogens with zero attached hydrogens (tertiary/aromatic N) is 1. The lowest BCUT2D eigenvalue weighted by Gasteiger charge is -2.21. The molecule has 0 unspecified atom stereocenters. The Balaban J connectivity index is 2.60. The summed E-state index contributed by atoms with van der Waals surface area (Å²) in [4.78, 5) is 13.7. The van der Waals surface area contributed by atoms with Gasteiger partial charge in [0, 0.05) is 20.2 Å². The minimum atomic E-state index is -0.0245. The van der Waals surface area contributed by atoms with Gasteiger partial charge in [-0.05, 0) is 12.5 Å². The van der Waals surface area contributed by atoms with Crippen molar-refractivity contribution in [2.45, 2.75) is 13.3 Å². The molecule has 0 saturated heterocycles. The number of aliphatic hydroxyl groups excluding tert-OH is 1. The molecule has 18 heavy (non-hydrogen) atoms. The molecule has 0 aromatic heterocycles. The molecule has 4 heteroatoms. The highest BCUT2D eigenvalue weighted by atomic mass is 16.5. The van der Waals surface area contributed by atoms with Crippen LogP contribution in [0.4, 0.5) is 0 Å². The van der Waals surface area contributed by atoms with Gasteiger partial charge in [-0.25, -0.2) is 0 Å². The summed E-state index contributed by atoms with van der Waals surface area (Å²) in [7, 11) is 1.60. The topological polar surface area (TPSA) is 49.8 Å². The summed E-state index contributed by atoms with van der Waals surface area (Å²) >= 11 is 0. The molecule has 100 valence electrons. The van der Waals surface area contributed by atoms with Crippen molar-refractivity contribution in [3.05, 3.63) is 35.4 Å². The van der Waals surface area contributed by atoms with Gasteiger partial charge in [0.25, 0.3) is 0 Å². The molecule has 0 aliphatic rings. The van der Waals surface area contributed by atoms with Gasteiger partial charge in [0.1, 0.15) is 0 Å². The minimum Gasteiger partial charge on any atom is -0.395 e. The number of carbonyl (C=O) groups excluding carboxylic acids is 1. The monoisotopic (exact) mass is 251 g/mol. The van der Waals surface area contributed by atoms with E-state index in [0.29, 0.717) is 26.1 Å². The van der Waals surface area contributed by atoms with Crippen LogP contribution in [0.25, 0.3) is 0 Å². The third-order valence-electron chi connectivity index (χ3n) is 2.73. The van der Waals surface area contributed by atoms with Crippen LogP contribution in [0.3, 0.4) is 0 Å². The predicted octanol–water partition coefficient (Wildman–Crippen LogP) is 1.00. The van der Waals surface area contributed by atoms with E-state index in [9.17, 15) is 4.79 Å². The number of aryl methyl sites for hydroxylation is 1. The summed E-state index contributed by atoms with van der Waals surface area (Å²) in [6, 6.07) is 7.90. The highest BCUT2D eigenvalue weighted by Gasteiger charge is 2.13. The normalized spacial score (nSPS) is 10.4. The summed E-state index contributed by atoms with van der Waals surface area (Å²) in [5.74, 6) is 0.0201. The Morgan fingerprint density at radius 1 is 1.39 bits per heavy atom. The van der Waals surface area contributed by atoms with Crippen LogP contribution in [0.15, 0.2) is 24.3 Å². The molecule has 0 heterocycles. The van der Waals surface area contributed by atoms with Crippen molar-refractivity contribution < 1.29 is 14.6 Å². The number of benzene rings is 1. The molecule has 0 aliphatic carbocycles. The number of hydrogen-bond acceptors (Lipinski definition) is 3. The van der Waals surface area contributed by atoms with E-state index in [1.54, 1.807) is 12.0 Å². The molecule has 4 nitrogen and oxygen atoms in total. The van der Waals surface area contributed by atoms with Crippen molar-refractivity contribution in [1.29, 1.82) is 0 Å². The van der Waals surface area contributed by atoms with Gasteiger partial charge in [-0.15, -0.1) is 0 Å². The molecule has 1 aromatic rings. The molecule has 1 amide bonds. The number of ether oxygens (including phenoxy) is 1.